The minimum Gasteiger partial charge on any atom is -0.473 e. The lowest BCUT2D eigenvalue weighted by atomic mass is 10.1. The molecule has 2 atom stereocenters. The number of amides is 1. The number of halogens is 1. The minimum atomic E-state index is -0.213. The molecule has 2 unspecified atom stereocenters. The number of hydrogen-bond acceptors (Lipinski definition) is 7. The van der Waals surface area contributed by atoms with Crippen LogP contribution in [0, 0.1) is 5.92 Å². The van der Waals surface area contributed by atoms with Crippen molar-refractivity contribution >= 4 is 28.5 Å². The van der Waals surface area contributed by atoms with E-state index in [0.717, 1.165) is 19.5 Å². The summed E-state index contributed by atoms with van der Waals surface area (Å²) < 4.78 is 11.6. The molecule has 0 spiro atoms. The van der Waals surface area contributed by atoms with Crippen molar-refractivity contribution in [3.05, 3.63) is 23.6 Å². The molecule has 0 bridgehead atoms. The van der Waals surface area contributed by atoms with E-state index in [1.807, 2.05) is 4.90 Å². The van der Waals surface area contributed by atoms with E-state index in [-0.39, 0.29) is 24.5 Å². The Morgan fingerprint density at radius 2 is 2.31 bits per heavy atom. The van der Waals surface area contributed by atoms with E-state index < -0.39 is 0 Å². The molecule has 2 fully saturated rings. The van der Waals surface area contributed by atoms with Crippen LogP contribution in [0.2, 0.25) is 5.15 Å². The van der Waals surface area contributed by atoms with Gasteiger partial charge in [-0.05, 0) is 13.0 Å². The summed E-state index contributed by atoms with van der Waals surface area (Å²) >= 11 is 6.03. The second kappa shape index (κ2) is 7.69. The van der Waals surface area contributed by atoms with Gasteiger partial charge in [0, 0.05) is 31.5 Å². The number of fused-ring (bicyclic) bond motifs is 1. The zero-order chi connectivity index (χ0) is 17.9. The zero-order valence-corrected chi connectivity index (χ0v) is 15.0. The fraction of sp³-hybridized carbons (Fsp3) is 0.529. The maximum absolute atomic E-state index is 12.6. The normalized spacial score (nSPS) is 23.3. The summed E-state index contributed by atoms with van der Waals surface area (Å²) in [5.74, 6) is 0.594. The first-order valence-electron chi connectivity index (χ1n) is 8.72. The lowest BCUT2D eigenvalue weighted by molar-refractivity contribution is -0.143. The Labute approximate surface area is 155 Å². The molecule has 26 heavy (non-hydrogen) atoms. The lowest BCUT2D eigenvalue weighted by Crippen LogP contribution is -2.49. The number of carbonyl (C=O) groups is 1. The molecular weight excluding hydrogens is 358 g/mol. The number of morpholine rings is 1. The Balaban J connectivity index is 1.41. The van der Waals surface area contributed by atoms with Crippen LogP contribution in [0.25, 0.3) is 11.0 Å². The molecule has 2 aliphatic heterocycles. The Morgan fingerprint density at radius 3 is 3.15 bits per heavy atom. The average Bonchev–Trinajstić information content (AvgIpc) is 3.20. The molecule has 1 amide bonds. The highest BCUT2D eigenvalue weighted by Gasteiger charge is 2.31. The largest absolute Gasteiger partial charge is 0.473 e. The molecule has 0 aliphatic carbocycles. The molecule has 9 heteroatoms. The summed E-state index contributed by atoms with van der Waals surface area (Å²) in [6.45, 7) is 3.57. The third-order valence-electron chi connectivity index (χ3n) is 4.66. The third-order valence-corrected chi connectivity index (χ3v) is 4.85. The van der Waals surface area contributed by atoms with Crippen LogP contribution >= 0.6 is 11.6 Å². The number of nitrogens with zero attached hydrogens (tertiary/aromatic N) is 4. The van der Waals surface area contributed by atoms with Gasteiger partial charge >= 0.3 is 0 Å². The summed E-state index contributed by atoms with van der Waals surface area (Å²) in [4.78, 5) is 27.1. The minimum absolute atomic E-state index is 0.0727. The van der Waals surface area contributed by atoms with Gasteiger partial charge < -0.3 is 19.7 Å². The molecule has 0 aromatic carbocycles. The predicted molar refractivity (Wildman–Crippen MR) is 95.1 cm³/mol. The van der Waals surface area contributed by atoms with Gasteiger partial charge in [0.1, 0.15) is 17.9 Å². The quantitative estimate of drug-likeness (QED) is 0.791. The van der Waals surface area contributed by atoms with Gasteiger partial charge in [0.05, 0.1) is 24.6 Å². The number of hydrogen-bond donors (Lipinski definition) is 1. The molecular formula is C17H20ClN5O3. The first kappa shape index (κ1) is 17.4. The van der Waals surface area contributed by atoms with Crippen LogP contribution in [0.15, 0.2) is 18.5 Å². The van der Waals surface area contributed by atoms with Crippen molar-refractivity contribution in [2.45, 2.75) is 12.5 Å². The van der Waals surface area contributed by atoms with E-state index in [0.29, 0.717) is 41.8 Å². The van der Waals surface area contributed by atoms with Crippen LogP contribution < -0.4 is 10.1 Å². The lowest BCUT2D eigenvalue weighted by Gasteiger charge is -2.34. The van der Waals surface area contributed by atoms with Gasteiger partial charge in [-0.15, -0.1) is 0 Å². The van der Waals surface area contributed by atoms with E-state index >= 15 is 0 Å². The van der Waals surface area contributed by atoms with Gasteiger partial charge in [-0.2, -0.15) is 4.98 Å². The van der Waals surface area contributed by atoms with Gasteiger partial charge in [-0.1, -0.05) is 11.6 Å². The molecule has 0 radical (unpaired) electrons. The summed E-state index contributed by atoms with van der Waals surface area (Å²) in [5, 5.41) is 3.53. The highest BCUT2D eigenvalue weighted by Crippen LogP contribution is 2.23. The van der Waals surface area contributed by atoms with E-state index in [1.165, 1.54) is 0 Å². The third kappa shape index (κ3) is 3.72. The monoisotopic (exact) mass is 377 g/mol. The summed E-state index contributed by atoms with van der Waals surface area (Å²) in [6.07, 6.45) is 3.86. The molecule has 2 aromatic rings. The number of ether oxygens (including phenoxy) is 2. The highest BCUT2D eigenvalue weighted by atomic mass is 35.5. The van der Waals surface area contributed by atoms with Crippen LogP contribution in [-0.4, -0.2) is 71.3 Å². The molecule has 4 rings (SSSR count). The van der Waals surface area contributed by atoms with Gasteiger partial charge in [0.15, 0.2) is 5.52 Å². The maximum Gasteiger partial charge on any atom is 0.243 e. The second-order valence-electron chi connectivity index (χ2n) is 6.45. The topological polar surface area (TPSA) is 89.5 Å². The molecule has 1 N–H and O–H groups in total. The van der Waals surface area contributed by atoms with Crippen LogP contribution in [0.1, 0.15) is 6.42 Å². The summed E-state index contributed by atoms with van der Waals surface area (Å²) in [7, 11) is 0. The molecule has 2 saturated heterocycles. The second-order valence-corrected chi connectivity index (χ2v) is 6.84. The van der Waals surface area contributed by atoms with Crippen molar-refractivity contribution in [3.63, 3.8) is 0 Å². The number of nitrogens with one attached hydrogen (secondary N) is 1. The Hall–Kier alpha value is -2.03. The summed E-state index contributed by atoms with van der Waals surface area (Å²) in [5.41, 5.74) is 1.18. The summed E-state index contributed by atoms with van der Waals surface area (Å²) in [6, 6.07) is 1.64. The molecule has 138 valence electrons. The van der Waals surface area contributed by atoms with E-state index in [4.69, 9.17) is 21.1 Å². The molecule has 4 heterocycles. The van der Waals surface area contributed by atoms with Crippen molar-refractivity contribution in [1.29, 1.82) is 0 Å². The van der Waals surface area contributed by atoms with Crippen LogP contribution in [0.5, 0.6) is 5.88 Å². The van der Waals surface area contributed by atoms with E-state index in [2.05, 4.69) is 20.3 Å². The van der Waals surface area contributed by atoms with Crippen molar-refractivity contribution in [3.8, 4) is 5.88 Å². The zero-order valence-electron chi connectivity index (χ0n) is 14.2. The van der Waals surface area contributed by atoms with Crippen LogP contribution in [0.3, 0.4) is 0 Å². The van der Waals surface area contributed by atoms with E-state index in [1.54, 1.807) is 18.5 Å². The Kier molecular flexibility index (Phi) is 5.14. The predicted octanol–water partition coefficient (Wildman–Crippen LogP) is 0.894. The van der Waals surface area contributed by atoms with Gasteiger partial charge in [0.2, 0.25) is 11.8 Å². The maximum atomic E-state index is 12.6. The van der Waals surface area contributed by atoms with Gasteiger partial charge in [0.25, 0.3) is 0 Å². The van der Waals surface area contributed by atoms with E-state index in [9.17, 15) is 4.79 Å². The SMILES string of the molecule is O=C(C1CCNC1)N1CCOC(COc2nc(Cl)cc3nccnc23)C1. The fourth-order valence-electron chi connectivity index (χ4n) is 3.33. The van der Waals surface area contributed by atoms with Gasteiger partial charge in [-0.25, -0.2) is 4.98 Å². The van der Waals surface area contributed by atoms with Gasteiger partial charge in [-0.3, -0.25) is 9.78 Å². The first-order chi connectivity index (χ1) is 12.7. The Morgan fingerprint density at radius 1 is 1.42 bits per heavy atom. The van der Waals surface area contributed by atoms with Crippen molar-refractivity contribution < 1.29 is 14.3 Å². The molecule has 8 nitrogen and oxygen atoms in total. The van der Waals surface area contributed by atoms with Crippen LogP contribution in [-0.2, 0) is 9.53 Å². The van der Waals surface area contributed by atoms with Crippen molar-refractivity contribution in [2.75, 3.05) is 39.4 Å². The fourth-order valence-corrected chi connectivity index (χ4v) is 3.51. The van der Waals surface area contributed by atoms with Crippen molar-refractivity contribution in [2.24, 2.45) is 5.92 Å². The molecule has 0 saturated carbocycles. The number of carbonyl (C=O) groups excluding carboxylic acids is 1. The van der Waals surface area contributed by atoms with Crippen LogP contribution in [0.4, 0.5) is 0 Å². The average molecular weight is 378 g/mol. The number of pyridine rings is 1. The Bertz CT molecular complexity index is 799. The molecule has 2 aromatic heterocycles. The molecule has 2 aliphatic rings. The highest BCUT2D eigenvalue weighted by molar-refractivity contribution is 6.30. The number of rotatable bonds is 4. The first-order valence-corrected chi connectivity index (χ1v) is 9.09. The smallest absolute Gasteiger partial charge is 0.243 e. The standard InChI is InChI=1S/C17H20ClN5O3/c18-14-7-13-15(21-4-3-20-13)16(22-14)26-10-12-9-23(5-6-25-12)17(24)11-1-2-19-8-11/h3-4,7,11-12,19H,1-2,5-6,8-10H2. The number of aromatic nitrogens is 3. The van der Waals surface area contributed by atoms with Crippen molar-refractivity contribution in [1.82, 2.24) is 25.2 Å².